The molecule has 0 aliphatic heterocycles. The van der Waals surface area contributed by atoms with Crippen LogP contribution in [-0.4, -0.2) is 41.2 Å². The topological polar surface area (TPSA) is 58.6 Å². The van der Waals surface area contributed by atoms with Crippen LogP contribution in [0.25, 0.3) is 0 Å². The number of halogens is 1. The van der Waals surface area contributed by atoms with Crippen molar-refractivity contribution in [3.63, 3.8) is 0 Å². The molecule has 0 spiro atoms. The van der Waals surface area contributed by atoms with Crippen molar-refractivity contribution in [1.82, 2.24) is 10.2 Å². The molecule has 3 rings (SSSR count). The van der Waals surface area contributed by atoms with Crippen molar-refractivity contribution in [3.05, 3.63) is 101 Å². The summed E-state index contributed by atoms with van der Waals surface area (Å²) in [5.74, 6) is 1.42. The molecule has 1 N–H and O–H groups in total. The van der Waals surface area contributed by atoms with Crippen LogP contribution >= 0.6 is 23.4 Å². The van der Waals surface area contributed by atoms with Crippen molar-refractivity contribution in [1.29, 1.82) is 0 Å². The van der Waals surface area contributed by atoms with Gasteiger partial charge in [-0.3, -0.25) is 9.59 Å². The number of nitrogens with zero attached hydrogens (tertiary/aromatic N) is 1. The summed E-state index contributed by atoms with van der Waals surface area (Å²) < 4.78 is 5.23. The summed E-state index contributed by atoms with van der Waals surface area (Å²) in [4.78, 5) is 29.0. The average Bonchev–Trinajstić information content (AvgIpc) is 2.87. The van der Waals surface area contributed by atoms with Crippen molar-refractivity contribution in [2.75, 3.05) is 12.9 Å². The molecule has 3 aromatic rings. The molecule has 0 aliphatic carbocycles. The summed E-state index contributed by atoms with van der Waals surface area (Å²) in [7, 11) is 1.64. The molecular formula is C30H35ClN2O3S. The van der Waals surface area contributed by atoms with Crippen molar-refractivity contribution in [2.45, 2.75) is 51.1 Å². The first-order valence-corrected chi connectivity index (χ1v) is 13.8. The first-order chi connectivity index (χ1) is 17.7. The lowest BCUT2D eigenvalue weighted by Gasteiger charge is -2.34. The summed E-state index contributed by atoms with van der Waals surface area (Å²) in [6.07, 6.45) is 0.405. The summed E-state index contributed by atoms with van der Waals surface area (Å²) in [6, 6.07) is 24.4. The number of hydrogen-bond acceptors (Lipinski definition) is 4. The quantitative estimate of drug-likeness (QED) is 0.319. The van der Waals surface area contributed by atoms with Crippen LogP contribution in [-0.2, 0) is 28.3 Å². The number of rotatable bonds is 11. The molecule has 5 nitrogen and oxygen atoms in total. The van der Waals surface area contributed by atoms with Crippen molar-refractivity contribution in [3.8, 4) is 5.75 Å². The highest BCUT2D eigenvalue weighted by Gasteiger charge is 2.32. The Labute approximate surface area is 229 Å². The van der Waals surface area contributed by atoms with Gasteiger partial charge in [-0.25, -0.2) is 0 Å². The Bertz CT molecular complexity index is 1160. The molecule has 0 radical (unpaired) electrons. The van der Waals surface area contributed by atoms with Crippen LogP contribution in [0.3, 0.4) is 0 Å². The highest BCUT2D eigenvalue weighted by molar-refractivity contribution is 7.99. The predicted octanol–water partition coefficient (Wildman–Crippen LogP) is 6.14. The Morgan fingerprint density at radius 2 is 1.59 bits per heavy atom. The SMILES string of the molecule is COc1ccc(CSCC(=O)N(Cc2ccccc2Cl)C(Cc2ccccc2)C(=O)NC(C)(C)C)cc1. The van der Waals surface area contributed by atoms with E-state index in [1.807, 2.05) is 93.6 Å². The minimum Gasteiger partial charge on any atom is -0.497 e. The Kier molecular flexibility index (Phi) is 10.5. The lowest BCUT2D eigenvalue weighted by atomic mass is 10.0. The van der Waals surface area contributed by atoms with Gasteiger partial charge in [0, 0.05) is 29.3 Å². The Balaban J connectivity index is 1.85. The number of amides is 2. The van der Waals surface area contributed by atoms with Gasteiger partial charge in [-0.2, -0.15) is 0 Å². The molecule has 0 bridgehead atoms. The van der Waals surface area contributed by atoms with Crippen LogP contribution in [0.5, 0.6) is 5.75 Å². The fraction of sp³-hybridized carbons (Fsp3) is 0.333. The normalized spacial score (nSPS) is 12.0. The molecule has 0 saturated carbocycles. The first kappa shape index (κ1) is 28.6. The maximum atomic E-state index is 13.7. The van der Waals surface area contributed by atoms with Crippen LogP contribution in [0.15, 0.2) is 78.9 Å². The zero-order valence-corrected chi connectivity index (χ0v) is 23.4. The average molecular weight is 539 g/mol. The number of nitrogens with one attached hydrogen (secondary N) is 1. The molecule has 0 aromatic heterocycles. The van der Waals surface area contributed by atoms with E-state index >= 15 is 0 Å². The van der Waals surface area contributed by atoms with E-state index in [0.29, 0.717) is 17.2 Å². The summed E-state index contributed by atoms with van der Waals surface area (Å²) >= 11 is 8.00. The second-order valence-electron chi connectivity index (χ2n) is 9.90. The van der Waals surface area contributed by atoms with E-state index < -0.39 is 11.6 Å². The van der Waals surface area contributed by atoms with E-state index in [2.05, 4.69) is 5.32 Å². The summed E-state index contributed by atoms with van der Waals surface area (Å²) in [6.45, 7) is 6.07. The molecule has 3 aromatic carbocycles. The predicted molar refractivity (Wildman–Crippen MR) is 153 cm³/mol. The maximum absolute atomic E-state index is 13.7. The molecule has 1 unspecified atom stereocenters. The van der Waals surface area contributed by atoms with Crippen LogP contribution in [0.2, 0.25) is 5.02 Å². The Morgan fingerprint density at radius 1 is 0.946 bits per heavy atom. The number of methoxy groups -OCH3 is 1. The Hall–Kier alpha value is -2.96. The van der Waals surface area contributed by atoms with Crippen LogP contribution in [0.1, 0.15) is 37.5 Å². The number of thioether (sulfide) groups is 1. The smallest absolute Gasteiger partial charge is 0.243 e. The third-order valence-corrected chi connectivity index (χ3v) is 7.08. The minimum absolute atomic E-state index is 0.108. The molecule has 0 fully saturated rings. The van der Waals surface area contributed by atoms with Gasteiger partial charge >= 0.3 is 0 Å². The highest BCUT2D eigenvalue weighted by atomic mass is 35.5. The van der Waals surface area contributed by atoms with Gasteiger partial charge in [0.2, 0.25) is 11.8 Å². The zero-order chi connectivity index (χ0) is 26.8. The van der Waals surface area contributed by atoms with E-state index in [0.717, 1.165) is 22.4 Å². The number of ether oxygens (including phenoxy) is 1. The lowest BCUT2D eigenvalue weighted by molar-refractivity contribution is -0.140. The van der Waals surface area contributed by atoms with Crippen molar-refractivity contribution < 1.29 is 14.3 Å². The molecule has 0 saturated heterocycles. The number of carbonyl (C=O) groups excluding carboxylic acids is 2. The van der Waals surface area contributed by atoms with Crippen LogP contribution in [0.4, 0.5) is 0 Å². The zero-order valence-electron chi connectivity index (χ0n) is 21.9. The highest BCUT2D eigenvalue weighted by Crippen LogP contribution is 2.23. The van der Waals surface area contributed by atoms with Gasteiger partial charge in [0.15, 0.2) is 0 Å². The molecule has 0 aliphatic rings. The number of carbonyl (C=O) groups is 2. The third kappa shape index (κ3) is 9.13. The van der Waals surface area contributed by atoms with Crippen molar-refractivity contribution in [2.24, 2.45) is 0 Å². The molecule has 37 heavy (non-hydrogen) atoms. The molecule has 0 heterocycles. The lowest BCUT2D eigenvalue weighted by Crippen LogP contribution is -2.54. The van der Waals surface area contributed by atoms with Gasteiger partial charge < -0.3 is 15.0 Å². The van der Waals surface area contributed by atoms with E-state index in [1.54, 1.807) is 18.1 Å². The maximum Gasteiger partial charge on any atom is 0.243 e. The van der Waals surface area contributed by atoms with E-state index in [1.165, 1.54) is 11.8 Å². The second kappa shape index (κ2) is 13.5. The van der Waals surface area contributed by atoms with Gasteiger partial charge in [-0.1, -0.05) is 72.3 Å². The van der Waals surface area contributed by atoms with E-state index in [-0.39, 0.29) is 24.1 Å². The Morgan fingerprint density at radius 3 is 2.22 bits per heavy atom. The van der Waals surface area contributed by atoms with Crippen LogP contribution in [0, 0.1) is 0 Å². The molecule has 7 heteroatoms. The van der Waals surface area contributed by atoms with Gasteiger partial charge in [-0.05, 0) is 55.7 Å². The fourth-order valence-electron chi connectivity index (χ4n) is 3.88. The molecule has 2 amide bonds. The second-order valence-corrected chi connectivity index (χ2v) is 11.3. The minimum atomic E-state index is -0.688. The molecule has 196 valence electrons. The van der Waals surface area contributed by atoms with Crippen LogP contribution < -0.4 is 10.1 Å². The first-order valence-electron chi connectivity index (χ1n) is 12.3. The third-order valence-electron chi connectivity index (χ3n) is 5.72. The monoisotopic (exact) mass is 538 g/mol. The van der Waals surface area contributed by atoms with E-state index in [9.17, 15) is 9.59 Å². The van der Waals surface area contributed by atoms with Gasteiger partial charge in [0.1, 0.15) is 11.8 Å². The summed E-state index contributed by atoms with van der Waals surface area (Å²) in [5, 5.41) is 3.65. The molecule has 1 atom stereocenters. The van der Waals surface area contributed by atoms with E-state index in [4.69, 9.17) is 16.3 Å². The largest absolute Gasteiger partial charge is 0.497 e. The van der Waals surface area contributed by atoms with Gasteiger partial charge in [0.25, 0.3) is 0 Å². The summed E-state index contributed by atoms with van der Waals surface area (Å²) in [5.41, 5.74) is 2.45. The van der Waals surface area contributed by atoms with Gasteiger partial charge in [0.05, 0.1) is 12.9 Å². The number of benzene rings is 3. The standard InChI is InChI=1S/C30H35ClN2O3S/c1-30(2,3)32-29(35)27(18-22-10-6-5-7-11-22)33(19-24-12-8-9-13-26(24)31)28(34)21-37-20-23-14-16-25(36-4)17-15-23/h5-17,27H,18-21H2,1-4H3,(H,32,35). The molecular weight excluding hydrogens is 504 g/mol. The van der Waals surface area contributed by atoms with Gasteiger partial charge in [-0.15, -0.1) is 11.8 Å². The van der Waals surface area contributed by atoms with Crippen molar-refractivity contribution >= 4 is 35.2 Å². The fourth-order valence-corrected chi connectivity index (χ4v) is 4.94. The number of hydrogen-bond donors (Lipinski definition) is 1.